The minimum atomic E-state index is 0.668. The van der Waals surface area contributed by atoms with E-state index >= 15 is 0 Å². The molecule has 4 nitrogen and oxygen atoms in total. The van der Waals surface area contributed by atoms with Crippen LogP contribution in [-0.2, 0) is 0 Å². The molecule has 0 atom stereocenters. The number of aryl methyl sites for hydroxylation is 1. The SMILES string of the molecule is C=C(C=N)C(=C)N1CCN(C(=C)c2ccc(N)c(C)c2)CC1. The van der Waals surface area contributed by atoms with E-state index in [4.69, 9.17) is 11.1 Å². The van der Waals surface area contributed by atoms with E-state index in [9.17, 15) is 0 Å². The first kappa shape index (κ1) is 15.9. The predicted octanol–water partition coefficient (Wildman–Crippen LogP) is 2.88. The van der Waals surface area contributed by atoms with Gasteiger partial charge in [0, 0.05) is 55.0 Å². The Kier molecular flexibility index (Phi) is 4.71. The lowest BCUT2D eigenvalue weighted by Gasteiger charge is -2.39. The Labute approximate surface area is 132 Å². The highest BCUT2D eigenvalue weighted by Gasteiger charge is 2.20. The number of allylic oxidation sites excluding steroid dienone is 1. The quantitative estimate of drug-likeness (QED) is 0.499. The Morgan fingerprint density at radius 2 is 1.73 bits per heavy atom. The molecule has 1 aliphatic heterocycles. The first-order chi connectivity index (χ1) is 10.4. The molecule has 0 saturated carbocycles. The molecule has 1 aromatic carbocycles. The first-order valence-electron chi connectivity index (χ1n) is 7.38. The summed E-state index contributed by atoms with van der Waals surface area (Å²) < 4.78 is 0. The van der Waals surface area contributed by atoms with Gasteiger partial charge in [-0.1, -0.05) is 25.8 Å². The highest BCUT2D eigenvalue weighted by Crippen LogP contribution is 2.23. The molecule has 1 heterocycles. The van der Waals surface area contributed by atoms with Crippen LogP contribution in [0, 0.1) is 12.3 Å². The number of rotatable bonds is 5. The summed E-state index contributed by atoms with van der Waals surface area (Å²) in [4.78, 5) is 4.45. The van der Waals surface area contributed by atoms with Crippen LogP contribution < -0.4 is 5.73 Å². The van der Waals surface area contributed by atoms with Crippen LogP contribution in [0.2, 0.25) is 0 Å². The van der Waals surface area contributed by atoms with Gasteiger partial charge in [-0.3, -0.25) is 0 Å². The molecular weight excluding hydrogens is 272 g/mol. The predicted molar refractivity (Wildman–Crippen MR) is 94.8 cm³/mol. The summed E-state index contributed by atoms with van der Waals surface area (Å²) >= 11 is 0. The molecule has 1 aliphatic rings. The van der Waals surface area contributed by atoms with Crippen molar-refractivity contribution in [3.63, 3.8) is 0 Å². The fourth-order valence-corrected chi connectivity index (χ4v) is 2.57. The summed E-state index contributed by atoms with van der Waals surface area (Å²) in [6.07, 6.45) is 1.25. The summed E-state index contributed by atoms with van der Waals surface area (Å²) in [7, 11) is 0. The van der Waals surface area contributed by atoms with Crippen molar-refractivity contribution in [2.75, 3.05) is 31.9 Å². The van der Waals surface area contributed by atoms with Gasteiger partial charge < -0.3 is 20.9 Å². The number of piperazine rings is 1. The molecular formula is C18H24N4. The van der Waals surface area contributed by atoms with Crippen LogP contribution in [0.5, 0.6) is 0 Å². The molecule has 1 saturated heterocycles. The normalized spacial score (nSPS) is 14.6. The van der Waals surface area contributed by atoms with E-state index < -0.39 is 0 Å². The number of nitrogens with one attached hydrogen (secondary N) is 1. The number of hydrogen-bond donors (Lipinski definition) is 2. The number of nitrogens with two attached hydrogens (primary N) is 1. The van der Waals surface area contributed by atoms with Gasteiger partial charge in [-0.25, -0.2) is 0 Å². The molecule has 0 amide bonds. The lowest BCUT2D eigenvalue weighted by atomic mass is 10.1. The maximum atomic E-state index is 7.27. The van der Waals surface area contributed by atoms with Crippen molar-refractivity contribution in [1.29, 1.82) is 5.41 Å². The maximum Gasteiger partial charge on any atom is 0.0377 e. The van der Waals surface area contributed by atoms with Crippen LogP contribution in [-0.4, -0.2) is 42.2 Å². The number of hydrogen-bond acceptors (Lipinski definition) is 4. The van der Waals surface area contributed by atoms with Gasteiger partial charge in [0.25, 0.3) is 0 Å². The van der Waals surface area contributed by atoms with Crippen LogP contribution in [0.15, 0.2) is 49.2 Å². The molecule has 0 unspecified atom stereocenters. The van der Waals surface area contributed by atoms with E-state index in [0.717, 1.165) is 54.4 Å². The van der Waals surface area contributed by atoms with Gasteiger partial charge in [-0.2, -0.15) is 0 Å². The molecule has 0 spiro atoms. The van der Waals surface area contributed by atoms with Crippen LogP contribution >= 0.6 is 0 Å². The van der Waals surface area contributed by atoms with Crippen LogP contribution in [0.4, 0.5) is 5.69 Å². The third-order valence-electron chi connectivity index (χ3n) is 4.19. The minimum Gasteiger partial charge on any atom is -0.399 e. The van der Waals surface area contributed by atoms with Gasteiger partial charge in [0.05, 0.1) is 0 Å². The molecule has 2 rings (SSSR count). The molecule has 1 fully saturated rings. The van der Waals surface area contributed by atoms with Crippen molar-refractivity contribution < 1.29 is 0 Å². The lowest BCUT2D eigenvalue weighted by molar-refractivity contribution is 0.218. The van der Waals surface area contributed by atoms with E-state index in [-0.39, 0.29) is 0 Å². The molecule has 22 heavy (non-hydrogen) atoms. The van der Waals surface area contributed by atoms with E-state index in [1.54, 1.807) is 0 Å². The summed E-state index contributed by atoms with van der Waals surface area (Å²) in [5.41, 5.74) is 11.4. The van der Waals surface area contributed by atoms with Crippen molar-refractivity contribution >= 4 is 17.6 Å². The Bertz CT molecular complexity index is 622. The smallest absolute Gasteiger partial charge is 0.0377 e. The van der Waals surface area contributed by atoms with Crippen molar-refractivity contribution in [2.24, 2.45) is 0 Å². The van der Waals surface area contributed by atoms with Gasteiger partial charge in [0.15, 0.2) is 0 Å². The topological polar surface area (TPSA) is 56.4 Å². The number of benzene rings is 1. The molecule has 3 N–H and O–H groups in total. The molecule has 0 aromatic heterocycles. The Morgan fingerprint density at radius 3 is 2.27 bits per heavy atom. The minimum absolute atomic E-state index is 0.668. The lowest BCUT2D eigenvalue weighted by Crippen LogP contribution is -2.44. The van der Waals surface area contributed by atoms with Gasteiger partial charge in [-0.05, 0) is 30.2 Å². The second-order valence-corrected chi connectivity index (χ2v) is 5.61. The summed E-state index contributed by atoms with van der Waals surface area (Å²) in [5, 5.41) is 7.27. The zero-order chi connectivity index (χ0) is 16.3. The van der Waals surface area contributed by atoms with Gasteiger partial charge in [-0.15, -0.1) is 0 Å². The van der Waals surface area contributed by atoms with Crippen LogP contribution in [0.25, 0.3) is 5.70 Å². The molecule has 116 valence electrons. The van der Waals surface area contributed by atoms with Crippen molar-refractivity contribution in [1.82, 2.24) is 9.80 Å². The zero-order valence-corrected chi connectivity index (χ0v) is 13.2. The number of nitrogen functional groups attached to an aromatic ring is 1. The zero-order valence-electron chi connectivity index (χ0n) is 13.2. The summed E-state index contributed by atoms with van der Waals surface area (Å²) in [5.74, 6) is 0. The molecule has 4 heteroatoms. The van der Waals surface area contributed by atoms with Gasteiger partial charge >= 0.3 is 0 Å². The van der Waals surface area contributed by atoms with E-state index in [2.05, 4.69) is 35.6 Å². The van der Waals surface area contributed by atoms with E-state index in [1.165, 1.54) is 6.21 Å². The number of anilines is 1. The van der Waals surface area contributed by atoms with E-state index in [1.807, 2.05) is 19.1 Å². The number of nitrogens with zero attached hydrogens (tertiary/aromatic N) is 2. The highest BCUT2D eigenvalue weighted by molar-refractivity contribution is 5.80. The monoisotopic (exact) mass is 296 g/mol. The molecule has 0 bridgehead atoms. The van der Waals surface area contributed by atoms with Crippen molar-refractivity contribution in [2.45, 2.75) is 6.92 Å². The summed E-state index contributed by atoms with van der Waals surface area (Å²) in [6, 6.07) is 6.04. The standard InChI is InChI=1S/C18H24N4/c1-13-11-17(5-6-18(13)20)16(4)22-9-7-21(8-10-22)15(3)14(2)12-19/h5-6,11-12,19H,2-4,7-10,20H2,1H3. The Hall–Kier alpha value is -2.49. The van der Waals surface area contributed by atoms with Crippen LogP contribution in [0.1, 0.15) is 11.1 Å². The van der Waals surface area contributed by atoms with Gasteiger partial charge in [0.2, 0.25) is 0 Å². The molecule has 1 aromatic rings. The first-order valence-corrected chi connectivity index (χ1v) is 7.38. The largest absolute Gasteiger partial charge is 0.399 e. The summed E-state index contributed by atoms with van der Waals surface area (Å²) in [6.45, 7) is 17.6. The van der Waals surface area contributed by atoms with E-state index in [0.29, 0.717) is 5.57 Å². The van der Waals surface area contributed by atoms with Crippen molar-refractivity contribution in [3.8, 4) is 0 Å². The maximum absolute atomic E-state index is 7.27. The average molecular weight is 296 g/mol. The third kappa shape index (κ3) is 3.22. The van der Waals surface area contributed by atoms with Crippen LogP contribution in [0.3, 0.4) is 0 Å². The average Bonchev–Trinajstić information content (AvgIpc) is 2.55. The Balaban J connectivity index is 2.00. The third-order valence-corrected chi connectivity index (χ3v) is 4.19. The fourth-order valence-electron chi connectivity index (χ4n) is 2.57. The molecule has 0 aliphatic carbocycles. The second-order valence-electron chi connectivity index (χ2n) is 5.61. The Morgan fingerprint density at radius 1 is 1.14 bits per heavy atom. The highest BCUT2D eigenvalue weighted by atomic mass is 15.3. The molecule has 0 radical (unpaired) electrons. The fraction of sp³-hybridized carbons (Fsp3) is 0.278. The van der Waals surface area contributed by atoms with Crippen molar-refractivity contribution in [3.05, 3.63) is 60.3 Å². The van der Waals surface area contributed by atoms with Gasteiger partial charge in [0.1, 0.15) is 0 Å². The second kappa shape index (κ2) is 6.52.